The zero-order valence-corrected chi connectivity index (χ0v) is 17.7. The third-order valence-corrected chi connectivity index (χ3v) is 5.53. The quantitative estimate of drug-likeness (QED) is 0.546. The molecule has 0 N–H and O–H groups in total. The van der Waals surface area contributed by atoms with Gasteiger partial charge in [0.2, 0.25) is 0 Å². The van der Waals surface area contributed by atoms with Crippen LogP contribution in [0.15, 0.2) is 45.6 Å². The van der Waals surface area contributed by atoms with Gasteiger partial charge in [0.15, 0.2) is 11.5 Å². The number of rotatable bonds is 7. The highest BCUT2D eigenvalue weighted by Gasteiger charge is 2.22. The average molecular weight is 409 g/mol. The lowest BCUT2D eigenvalue weighted by Crippen LogP contribution is -2.33. The Morgan fingerprint density at radius 3 is 2.63 bits per heavy atom. The zero-order chi connectivity index (χ0) is 21.1. The monoisotopic (exact) mass is 409 g/mol. The maximum atomic E-state index is 12.1. The second kappa shape index (κ2) is 8.79. The van der Waals surface area contributed by atoms with E-state index in [1.807, 2.05) is 30.3 Å². The fourth-order valence-electron chi connectivity index (χ4n) is 3.99. The molecule has 0 aliphatic carbocycles. The van der Waals surface area contributed by atoms with Crippen LogP contribution < -0.4 is 19.8 Å². The van der Waals surface area contributed by atoms with Crippen molar-refractivity contribution in [1.82, 2.24) is 4.90 Å². The molecule has 1 aromatic heterocycles. The van der Waals surface area contributed by atoms with Gasteiger partial charge in [0.05, 0.1) is 19.8 Å². The van der Waals surface area contributed by atoms with E-state index >= 15 is 0 Å². The van der Waals surface area contributed by atoms with Gasteiger partial charge in [0, 0.05) is 24.5 Å². The molecule has 6 nitrogen and oxygen atoms in total. The molecule has 0 saturated carbocycles. The number of benzene rings is 2. The Morgan fingerprint density at radius 1 is 1.03 bits per heavy atom. The van der Waals surface area contributed by atoms with Crippen molar-refractivity contribution in [2.45, 2.75) is 32.7 Å². The molecule has 2 heterocycles. The Hall–Kier alpha value is -2.99. The van der Waals surface area contributed by atoms with Gasteiger partial charge in [-0.2, -0.15) is 0 Å². The van der Waals surface area contributed by atoms with Gasteiger partial charge in [-0.05, 0) is 48.2 Å². The summed E-state index contributed by atoms with van der Waals surface area (Å²) < 4.78 is 22.3. The molecule has 0 amide bonds. The van der Waals surface area contributed by atoms with Crippen molar-refractivity contribution in [1.29, 1.82) is 0 Å². The van der Waals surface area contributed by atoms with E-state index in [0.717, 1.165) is 65.1 Å². The number of methoxy groups -OCH3 is 2. The first kappa shape index (κ1) is 20.3. The van der Waals surface area contributed by atoms with Gasteiger partial charge in [-0.25, -0.2) is 4.79 Å². The standard InChI is InChI=1S/C24H27NO5/c1-4-5-17-13-23(26)30-24-18(17)7-9-20-19(24)14-25(15-29-20)11-10-16-6-8-21(27-2)22(12-16)28-3/h6-9,12-13H,4-5,10-11,14-15H2,1-3H3. The summed E-state index contributed by atoms with van der Waals surface area (Å²) >= 11 is 0. The zero-order valence-electron chi connectivity index (χ0n) is 17.7. The van der Waals surface area contributed by atoms with Crippen LogP contribution >= 0.6 is 0 Å². The van der Waals surface area contributed by atoms with Crippen LogP contribution in [0.4, 0.5) is 0 Å². The van der Waals surface area contributed by atoms with Crippen LogP contribution in [0.5, 0.6) is 17.2 Å². The van der Waals surface area contributed by atoms with E-state index in [2.05, 4.69) is 11.8 Å². The van der Waals surface area contributed by atoms with Crippen molar-refractivity contribution in [3.05, 3.63) is 63.5 Å². The molecule has 1 aliphatic heterocycles. The number of ether oxygens (including phenoxy) is 3. The first-order valence-corrected chi connectivity index (χ1v) is 10.3. The van der Waals surface area contributed by atoms with E-state index in [1.54, 1.807) is 20.3 Å². The molecule has 0 saturated heterocycles. The molecule has 0 unspecified atom stereocenters. The van der Waals surface area contributed by atoms with E-state index in [-0.39, 0.29) is 5.63 Å². The van der Waals surface area contributed by atoms with Crippen LogP contribution in [0.1, 0.15) is 30.0 Å². The van der Waals surface area contributed by atoms with Gasteiger partial charge in [-0.3, -0.25) is 4.90 Å². The summed E-state index contributed by atoms with van der Waals surface area (Å²) in [4.78, 5) is 14.3. The average Bonchev–Trinajstić information content (AvgIpc) is 2.77. The second-order valence-electron chi connectivity index (χ2n) is 7.52. The number of hydrogen-bond donors (Lipinski definition) is 0. The van der Waals surface area contributed by atoms with Gasteiger partial charge in [0.1, 0.15) is 18.1 Å². The van der Waals surface area contributed by atoms with Crippen molar-refractivity contribution in [2.75, 3.05) is 27.5 Å². The molecule has 2 aromatic carbocycles. The molecule has 0 atom stereocenters. The van der Waals surface area contributed by atoms with Crippen molar-refractivity contribution in [3.63, 3.8) is 0 Å². The molecule has 6 heteroatoms. The van der Waals surface area contributed by atoms with Crippen LogP contribution in [0, 0.1) is 0 Å². The molecule has 0 fully saturated rings. The van der Waals surface area contributed by atoms with Gasteiger partial charge in [-0.15, -0.1) is 0 Å². The van der Waals surface area contributed by atoms with Gasteiger partial charge in [-0.1, -0.05) is 19.4 Å². The van der Waals surface area contributed by atoms with Crippen molar-refractivity contribution in [2.24, 2.45) is 0 Å². The molecule has 158 valence electrons. The van der Waals surface area contributed by atoms with E-state index < -0.39 is 0 Å². The lowest BCUT2D eigenvalue weighted by molar-refractivity contribution is 0.0967. The van der Waals surface area contributed by atoms with Crippen LogP contribution in [0.3, 0.4) is 0 Å². The summed E-state index contributed by atoms with van der Waals surface area (Å²) in [6.07, 6.45) is 2.67. The number of nitrogens with zero attached hydrogens (tertiary/aromatic N) is 1. The smallest absolute Gasteiger partial charge is 0.336 e. The molecule has 0 spiro atoms. The summed E-state index contributed by atoms with van der Waals surface area (Å²) in [6, 6.07) is 11.6. The Morgan fingerprint density at radius 2 is 1.87 bits per heavy atom. The van der Waals surface area contributed by atoms with Crippen molar-refractivity contribution < 1.29 is 18.6 Å². The summed E-state index contributed by atoms with van der Waals surface area (Å²) in [7, 11) is 3.28. The first-order valence-electron chi connectivity index (χ1n) is 10.3. The van der Waals surface area contributed by atoms with Gasteiger partial charge >= 0.3 is 5.63 Å². The fourth-order valence-corrected chi connectivity index (χ4v) is 3.99. The van der Waals surface area contributed by atoms with Crippen LogP contribution in [0.2, 0.25) is 0 Å². The van der Waals surface area contributed by atoms with E-state index in [4.69, 9.17) is 18.6 Å². The number of hydrogen-bond acceptors (Lipinski definition) is 6. The molecule has 30 heavy (non-hydrogen) atoms. The predicted molar refractivity (Wildman–Crippen MR) is 116 cm³/mol. The Labute approximate surface area is 176 Å². The molecular formula is C24H27NO5. The lowest BCUT2D eigenvalue weighted by Gasteiger charge is -2.29. The van der Waals surface area contributed by atoms with Crippen molar-refractivity contribution in [3.8, 4) is 17.2 Å². The Kier molecular flexibility index (Phi) is 5.95. The number of aryl methyl sites for hydroxylation is 1. The van der Waals surface area contributed by atoms with Gasteiger partial charge in [0.25, 0.3) is 0 Å². The maximum absolute atomic E-state index is 12.1. The minimum atomic E-state index is -0.304. The van der Waals surface area contributed by atoms with Gasteiger partial charge < -0.3 is 18.6 Å². The summed E-state index contributed by atoms with van der Waals surface area (Å²) in [6.45, 7) is 4.10. The molecule has 0 bridgehead atoms. The van der Waals surface area contributed by atoms with E-state index in [0.29, 0.717) is 18.9 Å². The van der Waals surface area contributed by atoms with Crippen LogP contribution in [-0.2, 0) is 19.4 Å². The van der Waals surface area contributed by atoms with E-state index in [1.165, 1.54) is 0 Å². The second-order valence-corrected chi connectivity index (χ2v) is 7.52. The first-order chi connectivity index (χ1) is 14.6. The number of fused-ring (bicyclic) bond motifs is 3. The maximum Gasteiger partial charge on any atom is 0.336 e. The largest absolute Gasteiger partial charge is 0.493 e. The third kappa shape index (κ3) is 4.00. The Balaban J connectivity index is 1.56. The van der Waals surface area contributed by atoms with Crippen molar-refractivity contribution >= 4 is 11.0 Å². The highest BCUT2D eigenvalue weighted by Crippen LogP contribution is 2.33. The molecule has 3 aromatic rings. The van der Waals surface area contributed by atoms with Crippen LogP contribution in [-0.4, -0.2) is 32.4 Å². The fraction of sp³-hybridized carbons (Fsp3) is 0.375. The SMILES string of the molecule is CCCc1cc(=O)oc2c3c(ccc12)OCN(CCc1ccc(OC)c(OC)c1)C3. The molecule has 0 radical (unpaired) electrons. The summed E-state index contributed by atoms with van der Waals surface area (Å²) in [5, 5.41) is 1.00. The van der Waals surface area contributed by atoms with E-state index in [9.17, 15) is 4.79 Å². The lowest BCUT2D eigenvalue weighted by atomic mass is 10.0. The summed E-state index contributed by atoms with van der Waals surface area (Å²) in [5.41, 5.74) is 3.49. The molecule has 4 rings (SSSR count). The molecule has 1 aliphatic rings. The molecular weight excluding hydrogens is 382 g/mol. The normalized spacial score (nSPS) is 13.7. The van der Waals surface area contributed by atoms with Crippen LogP contribution in [0.25, 0.3) is 11.0 Å². The minimum Gasteiger partial charge on any atom is -0.493 e. The Bertz CT molecular complexity index is 1100. The highest BCUT2D eigenvalue weighted by atomic mass is 16.5. The highest BCUT2D eigenvalue weighted by molar-refractivity contribution is 5.85. The summed E-state index contributed by atoms with van der Waals surface area (Å²) in [5.74, 6) is 2.24. The predicted octanol–water partition coefficient (Wildman–Crippen LogP) is 4.16. The third-order valence-electron chi connectivity index (χ3n) is 5.53. The minimum absolute atomic E-state index is 0.304. The topological polar surface area (TPSA) is 61.1 Å².